The largest absolute Gasteiger partial charge is 0.443 e. The average molecular weight is 528 g/mol. The van der Waals surface area contributed by atoms with Gasteiger partial charge in [0, 0.05) is 24.1 Å². The van der Waals surface area contributed by atoms with Crippen molar-refractivity contribution in [2.24, 2.45) is 5.41 Å². The van der Waals surface area contributed by atoms with Gasteiger partial charge in [0.2, 0.25) is 11.8 Å². The Labute approximate surface area is 224 Å². The van der Waals surface area contributed by atoms with Gasteiger partial charge in [-0.05, 0) is 45.6 Å². The summed E-state index contributed by atoms with van der Waals surface area (Å²) in [5, 5.41) is 19.0. The molecule has 2 heterocycles. The number of aliphatic hydroxyl groups excluding tert-OH is 1. The van der Waals surface area contributed by atoms with E-state index in [9.17, 15) is 19.5 Å². The van der Waals surface area contributed by atoms with Crippen LogP contribution in [-0.4, -0.2) is 63.1 Å². The van der Waals surface area contributed by atoms with Crippen molar-refractivity contribution in [2.75, 3.05) is 6.54 Å². The number of aliphatic hydroxyl groups is 1. The highest BCUT2D eigenvalue weighted by Crippen LogP contribution is 2.28. The van der Waals surface area contributed by atoms with Gasteiger partial charge in [-0.1, -0.05) is 45.0 Å². The van der Waals surface area contributed by atoms with E-state index in [-0.39, 0.29) is 24.9 Å². The number of aryl methyl sites for hydroxylation is 1. The summed E-state index contributed by atoms with van der Waals surface area (Å²) in [5.74, 6) is -0.0671. The Morgan fingerprint density at radius 3 is 2.24 bits per heavy atom. The fourth-order valence-corrected chi connectivity index (χ4v) is 4.52. The zero-order valence-electron chi connectivity index (χ0n) is 23.6. The van der Waals surface area contributed by atoms with Gasteiger partial charge in [-0.2, -0.15) is 0 Å². The summed E-state index contributed by atoms with van der Waals surface area (Å²) in [5.41, 5.74) is 1.45. The second-order valence-electron chi connectivity index (χ2n) is 12.2. The number of nitrogens with one attached hydrogen (secondary N) is 3. The van der Waals surface area contributed by atoms with E-state index >= 15 is 0 Å². The molecule has 2 aromatic rings. The van der Waals surface area contributed by atoms with Crippen molar-refractivity contribution >= 4 is 17.8 Å². The third-order valence-corrected chi connectivity index (χ3v) is 6.52. The quantitative estimate of drug-likeness (QED) is 0.455. The van der Waals surface area contributed by atoms with Crippen molar-refractivity contribution in [2.45, 2.75) is 91.6 Å². The van der Waals surface area contributed by atoms with E-state index in [0.29, 0.717) is 5.76 Å². The summed E-state index contributed by atoms with van der Waals surface area (Å²) in [6.07, 6.45) is 0.693. The average Bonchev–Trinajstić information content (AvgIpc) is 3.40. The van der Waals surface area contributed by atoms with Crippen molar-refractivity contribution in [1.82, 2.24) is 25.8 Å². The minimum Gasteiger partial charge on any atom is -0.443 e. The number of benzene rings is 1. The second kappa shape index (κ2) is 11.1. The molecule has 1 fully saturated rings. The maximum Gasteiger partial charge on any atom is 0.315 e. The first kappa shape index (κ1) is 29.2. The summed E-state index contributed by atoms with van der Waals surface area (Å²) in [4.78, 5) is 45.1. The second-order valence-corrected chi connectivity index (χ2v) is 12.2. The van der Waals surface area contributed by atoms with Crippen LogP contribution in [0.1, 0.15) is 72.2 Å². The molecule has 1 saturated heterocycles. The molecule has 4 atom stereocenters. The first-order chi connectivity index (χ1) is 17.6. The molecule has 1 aromatic carbocycles. The minimum absolute atomic E-state index is 0.0195. The fraction of sp³-hybridized carbons (Fsp3) is 0.571. The molecule has 208 valence electrons. The lowest BCUT2D eigenvalue weighted by atomic mass is 9.85. The zero-order valence-corrected chi connectivity index (χ0v) is 23.6. The topological polar surface area (TPSA) is 137 Å². The van der Waals surface area contributed by atoms with Crippen molar-refractivity contribution in [3.63, 3.8) is 0 Å². The predicted octanol–water partition coefficient (Wildman–Crippen LogP) is 3.30. The summed E-state index contributed by atoms with van der Waals surface area (Å²) in [7, 11) is 0. The third kappa shape index (κ3) is 7.12. The highest BCUT2D eigenvalue weighted by Gasteiger charge is 2.44. The number of urea groups is 1. The van der Waals surface area contributed by atoms with Crippen LogP contribution >= 0.6 is 0 Å². The van der Waals surface area contributed by atoms with Crippen molar-refractivity contribution < 1.29 is 23.9 Å². The van der Waals surface area contributed by atoms with Gasteiger partial charge in [-0.15, -0.1) is 0 Å². The van der Waals surface area contributed by atoms with Gasteiger partial charge in [0.15, 0.2) is 12.2 Å². The number of β-amino-alcohol motifs (C(OH)–C–C–N with tert-alkyl or cyclic N) is 1. The number of amides is 4. The monoisotopic (exact) mass is 527 g/mol. The number of rotatable bonds is 6. The molecule has 38 heavy (non-hydrogen) atoms. The molecule has 4 N–H and O–H groups in total. The smallest absolute Gasteiger partial charge is 0.315 e. The molecular formula is C28H41N5O5. The van der Waals surface area contributed by atoms with E-state index < -0.39 is 41.1 Å². The Kier molecular flexibility index (Phi) is 8.55. The van der Waals surface area contributed by atoms with E-state index in [1.54, 1.807) is 0 Å². The van der Waals surface area contributed by atoms with Crippen LogP contribution in [0.15, 0.2) is 35.1 Å². The van der Waals surface area contributed by atoms with E-state index in [2.05, 4.69) is 20.9 Å². The maximum absolute atomic E-state index is 13.7. The van der Waals surface area contributed by atoms with Crippen molar-refractivity contribution in [3.8, 4) is 11.3 Å². The molecule has 4 amide bonds. The third-order valence-electron chi connectivity index (χ3n) is 6.52. The lowest BCUT2D eigenvalue weighted by molar-refractivity contribution is -0.142. The summed E-state index contributed by atoms with van der Waals surface area (Å²) in [6, 6.07) is 5.07. The predicted molar refractivity (Wildman–Crippen MR) is 144 cm³/mol. The molecule has 0 aliphatic carbocycles. The number of carbonyl (C=O) groups is 3. The van der Waals surface area contributed by atoms with Gasteiger partial charge in [-0.3, -0.25) is 9.59 Å². The standard InChI is InChI=1S/C28H41N5O5/c1-16(18-9-11-19(12-10-18)22-17(2)29-15-38-22)30-24(35)21-13-20(34)14-33(21)25(36)23(27(3,4)5)31-26(37)32-28(6,7)8/h9-12,15-16,20-21,23,34H,13-14H2,1-8H3,(H,30,35)(H2,31,32,37). The molecule has 10 nitrogen and oxygen atoms in total. The zero-order chi connectivity index (χ0) is 28.4. The Balaban J connectivity index is 1.72. The van der Waals surface area contributed by atoms with E-state index in [1.807, 2.05) is 79.7 Å². The van der Waals surface area contributed by atoms with E-state index in [1.165, 1.54) is 11.3 Å². The van der Waals surface area contributed by atoms with Crippen LogP contribution in [0.5, 0.6) is 0 Å². The van der Waals surface area contributed by atoms with Gasteiger partial charge < -0.3 is 30.4 Å². The summed E-state index contributed by atoms with van der Waals surface area (Å²) >= 11 is 0. The number of hydrogen-bond donors (Lipinski definition) is 4. The van der Waals surface area contributed by atoms with Gasteiger partial charge in [0.05, 0.1) is 17.8 Å². The van der Waals surface area contributed by atoms with Gasteiger partial charge >= 0.3 is 6.03 Å². The molecule has 1 aliphatic heterocycles. The molecule has 0 spiro atoms. The van der Waals surface area contributed by atoms with Crippen LogP contribution in [0.2, 0.25) is 0 Å². The van der Waals surface area contributed by atoms with Gasteiger partial charge in [0.25, 0.3) is 0 Å². The van der Waals surface area contributed by atoms with Crippen molar-refractivity contribution in [1.29, 1.82) is 0 Å². The Hall–Kier alpha value is -3.40. The Bertz CT molecular complexity index is 1150. The van der Waals surface area contributed by atoms with Gasteiger partial charge in [0.1, 0.15) is 12.1 Å². The fourth-order valence-electron chi connectivity index (χ4n) is 4.52. The SMILES string of the molecule is Cc1ncoc1-c1ccc(C(C)NC(=O)C2CC(O)CN2C(=O)C(NC(=O)NC(C)(C)C)C(C)(C)C)cc1. The molecule has 10 heteroatoms. The van der Waals surface area contributed by atoms with Gasteiger partial charge in [-0.25, -0.2) is 9.78 Å². The van der Waals surface area contributed by atoms with Crippen LogP contribution < -0.4 is 16.0 Å². The normalized spacial score (nSPS) is 19.6. The first-order valence-electron chi connectivity index (χ1n) is 12.9. The van der Waals surface area contributed by atoms with Crippen LogP contribution in [0.3, 0.4) is 0 Å². The molecular weight excluding hydrogens is 486 g/mol. The molecule has 3 rings (SSSR count). The summed E-state index contributed by atoms with van der Waals surface area (Å²) in [6.45, 7) is 14.8. The van der Waals surface area contributed by atoms with Crippen molar-refractivity contribution in [3.05, 3.63) is 41.9 Å². The number of carbonyl (C=O) groups excluding carboxylic acids is 3. The lowest BCUT2D eigenvalue weighted by Gasteiger charge is -2.36. The van der Waals surface area contributed by atoms with Crippen LogP contribution in [0.4, 0.5) is 4.79 Å². The molecule has 0 bridgehead atoms. The van der Waals surface area contributed by atoms with E-state index in [0.717, 1.165) is 16.8 Å². The molecule has 0 radical (unpaired) electrons. The lowest BCUT2D eigenvalue weighted by Crippen LogP contribution is -2.60. The number of nitrogens with zero attached hydrogens (tertiary/aromatic N) is 2. The minimum atomic E-state index is -0.894. The van der Waals surface area contributed by atoms with Crippen LogP contribution in [0, 0.1) is 12.3 Å². The molecule has 0 saturated carbocycles. The highest BCUT2D eigenvalue weighted by molar-refractivity contribution is 5.93. The van der Waals surface area contributed by atoms with Crippen LogP contribution in [0.25, 0.3) is 11.3 Å². The summed E-state index contributed by atoms with van der Waals surface area (Å²) < 4.78 is 5.45. The molecule has 4 unspecified atom stereocenters. The Morgan fingerprint density at radius 1 is 1.08 bits per heavy atom. The number of hydrogen-bond acceptors (Lipinski definition) is 6. The Morgan fingerprint density at radius 2 is 1.71 bits per heavy atom. The molecule has 1 aromatic heterocycles. The van der Waals surface area contributed by atoms with E-state index in [4.69, 9.17) is 4.42 Å². The number of aromatic nitrogens is 1. The maximum atomic E-state index is 13.7. The molecule has 1 aliphatic rings. The number of oxazole rings is 1. The highest BCUT2D eigenvalue weighted by atomic mass is 16.3. The first-order valence-corrected chi connectivity index (χ1v) is 12.9. The number of likely N-dealkylation sites (tertiary alicyclic amines) is 1. The van der Waals surface area contributed by atoms with Crippen LogP contribution in [-0.2, 0) is 9.59 Å².